The third kappa shape index (κ3) is 3.39. The zero-order chi connectivity index (χ0) is 14.0. The molecule has 3 fully saturated rings. The van der Waals surface area contributed by atoms with E-state index in [4.69, 9.17) is 0 Å². The summed E-state index contributed by atoms with van der Waals surface area (Å²) in [5, 5.41) is 3.88. The quantitative estimate of drug-likeness (QED) is 0.844. The topological polar surface area (TPSA) is 15.3 Å². The van der Waals surface area contributed by atoms with E-state index in [1.807, 2.05) is 0 Å². The van der Waals surface area contributed by atoms with Gasteiger partial charge in [-0.2, -0.15) is 0 Å². The van der Waals surface area contributed by atoms with Gasteiger partial charge < -0.3 is 10.2 Å². The van der Waals surface area contributed by atoms with Crippen molar-refractivity contribution in [3.8, 4) is 0 Å². The highest BCUT2D eigenvalue weighted by Crippen LogP contribution is 2.52. The standard InChI is InChI=1S/C18H34N2/c1-15(2)18(9-10-18)14-20-12-6-11-19-17(13-20)16-7-4-3-5-8-16/h15-17,19H,3-14H2,1-2H3. The molecule has 3 aliphatic rings. The highest BCUT2D eigenvalue weighted by molar-refractivity contribution is 4.98. The molecule has 0 amide bonds. The van der Waals surface area contributed by atoms with Gasteiger partial charge in [0.15, 0.2) is 0 Å². The Bertz CT molecular complexity index is 303. The first-order valence-electron chi connectivity index (χ1n) is 9.15. The van der Waals surface area contributed by atoms with Crippen LogP contribution in [0.25, 0.3) is 0 Å². The molecule has 2 saturated carbocycles. The van der Waals surface area contributed by atoms with Crippen LogP contribution in [0.4, 0.5) is 0 Å². The molecule has 1 aliphatic heterocycles. The van der Waals surface area contributed by atoms with Crippen LogP contribution in [-0.4, -0.2) is 37.1 Å². The van der Waals surface area contributed by atoms with E-state index >= 15 is 0 Å². The summed E-state index contributed by atoms with van der Waals surface area (Å²) in [6.07, 6.45) is 11.7. The fourth-order valence-electron chi connectivity index (χ4n) is 4.54. The van der Waals surface area contributed by atoms with E-state index in [0.717, 1.165) is 17.9 Å². The minimum absolute atomic E-state index is 0.682. The van der Waals surface area contributed by atoms with Crippen LogP contribution >= 0.6 is 0 Å². The van der Waals surface area contributed by atoms with Gasteiger partial charge in [-0.15, -0.1) is 0 Å². The Balaban J connectivity index is 1.57. The van der Waals surface area contributed by atoms with Crippen LogP contribution in [-0.2, 0) is 0 Å². The smallest absolute Gasteiger partial charge is 0.0223 e. The lowest BCUT2D eigenvalue weighted by molar-refractivity contribution is 0.159. The molecule has 0 aromatic carbocycles. The Morgan fingerprint density at radius 2 is 1.85 bits per heavy atom. The first kappa shape index (κ1) is 14.8. The van der Waals surface area contributed by atoms with Gasteiger partial charge in [0.2, 0.25) is 0 Å². The minimum atomic E-state index is 0.682. The van der Waals surface area contributed by atoms with Crippen molar-refractivity contribution in [3.63, 3.8) is 0 Å². The first-order valence-corrected chi connectivity index (χ1v) is 9.15. The summed E-state index contributed by atoms with van der Waals surface area (Å²) in [7, 11) is 0. The average molecular weight is 278 g/mol. The molecule has 1 unspecified atom stereocenters. The molecule has 1 heterocycles. The number of hydrogen-bond donors (Lipinski definition) is 1. The molecule has 0 bridgehead atoms. The molecule has 2 heteroatoms. The Kier molecular flexibility index (Phi) is 4.72. The van der Waals surface area contributed by atoms with Gasteiger partial charge in [-0.1, -0.05) is 33.1 Å². The second-order valence-corrected chi connectivity index (χ2v) is 8.06. The van der Waals surface area contributed by atoms with Crippen molar-refractivity contribution in [3.05, 3.63) is 0 Å². The number of nitrogens with one attached hydrogen (secondary N) is 1. The zero-order valence-corrected chi connectivity index (χ0v) is 13.7. The van der Waals surface area contributed by atoms with Crippen molar-refractivity contribution in [2.75, 3.05) is 26.2 Å². The molecule has 2 nitrogen and oxygen atoms in total. The fraction of sp³-hybridized carbons (Fsp3) is 1.00. The van der Waals surface area contributed by atoms with Gasteiger partial charge in [0.05, 0.1) is 0 Å². The van der Waals surface area contributed by atoms with E-state index in [2.05, 4.69) is 24.1 Å². The van der Waals surface area contributed by atoms with Crippen molar-refractivity contribution in [1.29, 1.82) is 0 Å². The summed E-state index contributed by atoms with van der Waals surface area (Å²) in [6.45, 7) is 10.1. The largest absolute Gasteiger partial charge is 0.312 e. The second-order valence-electron chi connectivity index (χ2n) is 8.06. The average Bonchev–Trinajstić information content (AvgIpc) is 3.25. The van der Waals surface area contributed by atoms with Crippen molar-refractivity contribution >= 4 is 0 Å². The van der Waals surface area contributed by atoms with Gasteiger partial charge in [0.1, 0.15) is 0 Å². The van der Waals surface area contributed by atoms with Gasteiger partial charge >= 0.3 is 0 Å². The SMILES string of the molecule is CC(C)C1(CN2CCCNC(C3CCCCC3)C2)CC1. The maximum atomic E-state index is 3.88. The van der Waals surface area contributed by atoms with Crippen LogP contribution in [0, 0.1) is 17.3 Å². The van der Waals surface area contributed by atoms with Gasteiger partial charge in [0.25, 0.3) is 0 Å². The van der Waals surface area contributed by atoms with Crippen LogP contribution in [0.2, 0.25) is 0 Å². The van der Waals surface area contributed by atoms with E-state index in [0.29, 0.717) is 5.41 Å². The third-order valence-corrected chi connectivity index (χ3v) is 6.39. The van der Waals surface area contributed by atoms with Gasteiger partial charge in [-0.3, -0.25) is 0 Å². The van der Waals surface area contributed by atoms with E-state index < -0.39 is 0 Å². The zero-order valence-electron chi connectivity index (χ0n) is 13.7. The fourth-order valence-corrected chi connectivity index (χ4v) is 4.54. The molecule has 1 saturated heterocycles. The number of hydrogen-bond acceptors (Lipinski definition) is 2. The molecule has 0 aromatic heterocycles. The maximum absolute atomic E-state index is 3.88. The Morgan fingerprint density at radius 3 is 2.50 bits per heavy atom. The van der Waals surface area contributed by atoms with E-state index in [-0.39, 0.29) is 0 Å². The Morgan fingerprint density at radius 1 is 1.10 bits per heavy atom. The Labute approximate surface area is 125 Å². The van der Waals surface area contributed by atoms with E-state index in [1.165, 1.54) is 77.5 Å². The van der Waals surface area contributed by atoms with E-state index in [1.54, 1.807) is 0 Å². The molecular weight excluding hydrogens is 244 g/mol. The molecule has 116 valence electrons. The van der Waals surface area contributed by atoms with Crippen molar-refractivity contribution < 1.29 is 0 Å². The van der Waals surface area contributed by atoms with Crippen molar-refractivity contribution in [2.45, 2.75) is 71.3 Å². The molecular formula is C18H34N2. The molecule has 3 rings (SSSR count). The van der Waals surface area contributed by atoms with Crippen molar-refractivity contribution in [2.24, 2.45) is 17.3 Å². The second kappa shape index (κ2) is 6.36. The summed E-state index contributed by atoms with van der Waals surface area (Å²) in [4.78, 5) is 2.81. The molecule has 2 aliphatic carbocycles. The first-order chi connectivity index (χ1) is 9.70. The van der Waals surface area contributed by atoms with Gasteiger partial charge in [0, 0.05) is 19.1 Å². The van der Waals surface area contributed by atoms with Crippen LogP contribution in [0.3, 0.4) is 0 Å². The monoisotopic (exact) mass is 278 g/mol. The summed E-state index contributed by atoms with van der Waals surface area (Å²) in [6, 6.07) is 0.778. The molecule has 0 aromatic rings. The minimum Gasteiger partial charge on any atom is -0.312 e. The van der Waals surface area contributed by atoms with Crippen LogP contribution in [0.15, 0.2) is 0 Å². The lowest BCUT2D eigenvalue weighted by Gasteiger charge is -2.35. The molecule has 20 heavy (non-hydrogen) atoms. The highest BCUT2D eigenvalue weighted by Gasteiger charge is 2.46. The molecule has 1 N–H and O–H groups in total. The molecule has 1 atom stereocenters. The van der Waals surface area contributed by atoms with Crippen molar-refractivity contribution in [1.82, 2.24) is 10.2 Å². The summed E-state index contributed by atoms with van der Waals surface area (Å²) in [5.41, 5.74) is 0.682. The predicted molar refractivity (Wildman–Crippen MR) is 85.9 cm³/mol. The van der Waals surface area contributed by atoms with Crippen LogP contribution < -0.4 is 5.32 Å². The van der Waals surface area contributed by atoms with Gasteiger partial charge in [-0.25, -0.2) is 0 Å². The Hall–Kier alpha value is -0.0800. The highest BCUT2D eigenvalue weighted by atomic mass is 15.2. The maximum Gasteiger partial charge on any atom is 0.0223 e. The lowest BCUT2D eigenvalue weighted by atomic mass is 9.83. The number of nitrogens with zero attached hydrogens (tertiary/aromatic N) is 1. The van der Waals surface area contributed by atoms with Gasteiger partial charge in [-0.05, 0) is 62.4 Å². The molecule has 0 spiro atoms. The lowest BCUT2D eigenvalue weighted by Crippen LogP contribution is -2.45. The van der Waals surface area contributed by atoms with E-state index in [9.17, 15) is 0 Å². The predicted octanol–water partition coefficient (Wildman–Crippen LogP) is 3.67. The summed E-state index contributed by atoms with van der Waals surface area (Å²) >= 11 is 0. The summed E-state index contributed by atoms with van der Waals surface area (Å²) < 4.78 is 0. The molecule has 0 radical (unpaired) electrons. The number of rotatable bonds is 4. The third-order valence-electron chi connectivity index (χ3n) is 6.39. The van der Waals surface area contributed by atoms with Crippen LogP contribution in [0.5, 0.6) is 0 Å². The summed E-state index contributed by atoms with van der Waals surface area (Å²) in [5.74, 6) is 1.82. The van der Waals surface area contributed by atoms with Crippen LogP contribution in [0.1, 0.15) is 65.2 Å². The normalized spacial score (nSPS) is 32.2.